The van der Waals surface area contributed by atoms with Gasteiger partial charge in [-0.3, -0.25) is 9.59 Å². The minimum atomic E-state index is -0.344. The molecule has 5 nitrogen and oxygen atoms in total. The fraction of sp³-hybridized carbons (Fsp3) is 0.385. The van der Waals surface area contributed by atoms with E-state index >= 15 is 0 Å². The van der Waals surface area contributed by atoms with E-state index in [0.29, 0.717) is 31.9 Å². The number of hydrogen-bond donors (Lipinski definition) is 0. The van der Waals surface area contributed by atoms with Gasteiger partial charge < -0.3 is 14.5 Å². The molecule has 0 aliphatic carbocycles. The van der Waals surface area contributed by atoms with E-state index in [4.69, 9.17) is 4.74 Å². The lowest BCUT2D eigenvalue weighted by atomic mass is 10.3. The lowest BCUT2D eigenvalue weighted by Crippen LogP contribution is -2.49. The summed E-state index contributed by atoms with van der Waals surface area (Å²) in [6.07, 6.45) is 0.789. The number of hydrogen-bond acceptors (Lipinski definition) is 3. The summed E-state index contributed by atoms with van der Waals surface area (Å²) in [6.45, 7) is 2.05. The quantitative estimate of drug-likeness (QED) is 0.746. The van der Waals surface area contributed by atoms with Crippen molar-refractivity contribution in [3.63, 3.8) is 0 Å². The molecule has 1 saturated heterocycles. The van der Waals surface area contributed by atoms with Crippen molar-refractivity contribution < 1.29 is 18.7 Å². The van der Waals surface area contributed by atoms with E-state index in [0.717, 1.165) is 6.41 Å². The first kappa shape index (κ1) is 13.3. The number of amides is 2. The summed E-state index contributed by atoms with van der Waals surface area (Å²) in [6, 6.07) is 5.52. The number of ether oxygens (including phenoxy) is 1. The maximum atomic E-state index is 12.7. The summed E-state index contributed by atoms with van der Waals surface area (Å²) in [4.78, 5) is 25.7. The predicted octanol–water partition coefficient (Wildman–Crippen LogP) is 0.505. The highest BCUT2D eigenvalue weighted by atomic mass is 19.1. The normalized spacial score (nSPS) is 15.2. The maximum Gasteiger partial charge on any atom is 0.260 e. The number of piperazine rings is 1. The molecule has 0 N–H and O–H groups in total. The van der Waals surface area contributed by atoms with Gasteiger partial charge in [0.05, 0.1) is 0 Å². The number of carbonyl (C=O) groups is 2. The molecule has 19 heavy (non-hydrogen) atoms. The Hall–Kier alpha value is -2.11. The molecule has 0 aromatic heterocycles. The van der Waals surface area contributed by atoms with Crippen molar-refractivity contribution in [2.24, 2.45) is 0 Å². The van der Waals surface area contributed by atoms with E-state index in [1.807, 2.05) is 0 Å². The molecule has 0 atom stereocenters. The molecule has 1 fully saturated rings. The Kier molecular flexibility index (Phi) is 4.33. The summed E-state index contributed by atoms with van der Waals surface area (Å²) in [7, 11) is 0. The molecular weight excluding hydrogens is 251 g/mol. The van der Waals surface area contributed by atoms with E-state index in [-0.39, 0.29) is 18.3 Å². The third kappa shape index (κ3) is 3.67. The van der Waals surface area contributed by atoms with E-state index in [9.17, 15) is 14.0 Å². The smallest absolute Gasteiger partial charge is 0.260 e. The van der Waals surface area contributed by atoms with Crippen LogP contribution in [-0.4, -0.2) is 54.9 Å². The van der Waals surface area contributed by atoms with E-state index in [1.54, 1.807) is 9.80 Å². The van der Waals surface area contributed by atoms with E-state index < -0.39 is 0 Å². The van der Waals surface area contributed by atoms with Crippen LogP contribution < -0.4 is 4.74 Å². The second-order valence-electron chi connectivity index (χ2n) is 4.26. The van der Waals surface area contributed by atoms with Gasteiger partial charge in [0, 0.05) is 26.2 Å². The third-order valence-electron chi connectivity index (χ3n) is 2.99. The van der Waals surface area contributed by atoms with Crippen molar-refractivity contribution in [2.45, 2.75) is 0 Å². The first-order valence-corrected chi connectivity index (χ1v) is 6.04. The zero-order chi connectivity index (χ0) is 13.7. The van der Waals surface area contributed by atoms with Crippen LogP contribution in [0.2, 0.25) is 0 Å². The number of rotatable bonds is 4. The van der Waals surface area contributed by atoms with Gasteiger partial charge in [0.25, 0.3) is 5.91 Å². The molecule has 0 saturated carbocycles. The van der Waals surface area contributed by atoms with Crippen LogP contribution >= 0.6 is 0 Å². The Labute approximate surface area is 110 Å². The lowest BCUT2D eigenvalue weighted by molar-refractivity contribution is -0.137. The van der Waals surface area contributed by atoms with Gasteiger partial charge in [0.1, 0.15) is 11.6 Å². The molecule has 1 heterocycles. The highest BCUT2D eigenvalue weighted by molar-refractivity contribution is 5.78. The van der Waals surface area contributed by atoms with Crippen LogP contribution in [0.1, 0.15) is 0 Å². The topological polar surface area (TPSA) is 49.9 Å². The van der Waals surface area contributed by atoms with Crippen LogP contribution in [0.5, 0.6) is 5.75 Å². The van der Waals surface area contributed by atoms with Gasteiger partial charge in [0.2, 0.25) is 6.41 Å². The second-order valence-corrected chi connectivity index (χ2v) is 4.26. The Morgan fingerprint density at radius 3 is 2.42 bits per heavy atom. The van der Waals surface area contributed by atoms with Gasteiger partial charge in [-0.1, -0.05) is 0 Å². The standard InChI is InChI=1S/C13H15FN2O3/c14-11-1-3-12(4-2-11)19-9-13(18)16-7-5-15(10-17)6-8-16/h1-4,10H,5-9H2. The molecule has 1 aliphatic rings. The van der Waals surface area contributed by atoms with Crippen LogP contribution in [0.4, 0.5) is 4.39 Å². The van der Waals surface area contributed by atoms with Crippen LogP contribution in [0.3, 0.4) is 0 Å². The van der Waals surface area contributed by atoms with Crippen molar-refractivity contribution in [1.29, 1.82) is 0 Å². The number of halogens is 1. The predicted molar refractivity (Wildman–Crippen MR) is 66.1 cm³/mol. The Morgan fingerprint density at radius 1 is 1.21 bits per heavy atom. The average Bonchev–Trinajstić information content (AvgIpc) is 2.46. The number of nitrogens with zero attached hydrogens (tertiary/aromatic N) is 2. The largest absolute Gasteiger partial charge is 0.484 e. The first-order valence-electron chi connectivity index (χ1n) is 6.04. The molecule has 2 rings (SSSR count). The van der Waals surface area contributed by atoms with Crippen molar-refractivity contribution in [2.75, 3.05) is 32.8 Å². The minimum Gasteiger partial charge on any atom is -0.484 e. The third-order valence-corrected chi connectivity index (χ3v) is 2.99. The molecular formula is C13H15FN2O3. The minimum absolute atomic E-state index is 0.0767. The molecule has 1 aliphatic heterocycles. The summed E-state index contributed by atoms with van der Waals surface area (Å²) in [5.41, 5.74) is 0. The van der Waals surface area contributed by atoms with Gasteiger partial charge in [0.15, 0.2) is 6.61 Å². The highest BCUT2D eigenvalue weighted by Crippen LogP contribution is 2.11. The molecule has 0 bridgehead atoms. The van der Waals surface area contributed by atoms with E-state index in [1.165, 1.54) is 24.3 Å². The van der Waals surface area contributed by atoms with Crippen molar-refractivity contribution >= 4 is 12.3 Å². The second kappa shape index (κ2) is 6.17. The molecule has 1 aromatic carbocycles. The Morgan fingerprint density at radius 2 is 1.84 bits per heavy atom. The summed E-state index contributed by atoms with van der Waals surface area (Å²) < 4.78 is 18.0. The lowest BCUT2D eigenvalue weighted by Gasteiger charge is -2.32. The van der Waals surface area contributed by atoms with Crippen molar-refractivity contribution in [1.82, 2.24) is 9.80 Å². The SMILES string of the molecule is O=CN1CCN(C(=O)COc2ccc(F)cc2)CC1. The van der Waals surface area contributed by atoms with Gasteiger partial charge in [-0.2, -0.15) is 0 Å². The van der Waals surface area contributed by atoms with Gasteiger partial charge in [-0.05, 0) is 24.3 Å². The van der Waals surface area contributed by atoms with Crippen LogP contribution in [0.25, 0.3) is 0 Å². The zero-order valence-corrected chi connectivity index (χ0v) is 10.4. The summed E-state index contributed by atoms with van der Waals surface area (Å²) in [5.74, 6) is -0.0141. The maximum absolute atomic E-state index is 12.7. The molecule has 1 aromatic rings. The van der Waals surface area contributed by atoms with Crippen LogP contribution in [0, 0.1) is 5.82 Å². The van der Waals surface area contributed by atoms with Gasteiger partial charge in [-0.25, -0.2) is 4.39 Å². The molecule has 6 heteroatoms. The van der Waals surface area contributed by atoms with Crippen molar-refractivity contribution in [3.05, 3.63) is 30.1 Å². The molecule has 0 spiro atoms. The zero-order valence-electron chi connectivity index (χ0n) is 10.4. The Balaban J connectivity index is 1.78. The molecule has 0 unspecified atom stereocenters. The average molecular weight is 266 g/mol. The highest BCUT2D eigenvalue weighted by Gasteiger charge is 2.20. The first-order chi connectivity index (χ1) is 9.19. The van der Waals surface area contributed by atoms with Gasteiger partial charge >= 0.3 is 0 Å². The number of carbonyl (C=O) groups excluding carboxylic acids is 2. The summed E-state index contributed by atoms with van der Waals surface area (Å²) in [5, 5.41) is 0. The fourth-order valence-corrected chi connectivity index (χ4v) is 1.84. The Bertz CT molecular complexity index is 442. The molecule has 102 valence electrons. The van der Waals surface area contributed by atoms with Crippen LogP contribution in [0.15, 0.2) is 24.3 Å². The van der Waals surface area contributed by atoms with Crippen molar-refractivity contribution in [3.8, 4) is 5.75 Å². The molecule has 2 amide bonds. The van der Waals surface area contributed by atoms with Gasteiger partial charge in [-0.15, -0.1) is 0 Å². The fourth-order valence-electron chi connectivity index (χ4n) is 1.84. The van der Waals surface area contributed by atoms with E-state index in [2.05, 4.69) is 0 Å². The molecule has 0 radical (unpaired) electrons. The monoisotopic (exact) mass is 266 g/mol. The number of benzene rings is 1. The summed E-state index contributed by atoms with van der Waals surface area (Å²) >= 11 is 0. The van der Waals surface area contributed by atoms with Crippen LogP contribution in [-0.2, 0) is 9.59 Å².